The van der Waals surface area contributed by atoms with Gasteiger partial charge in [-0.25, -0.2) is 8.42 Å². The van der Waals surface area contributed by atoms with Gasteiger partial charge in [-0.15, -0.1) is 0 Å². The third-order valence-electron chi connectivity index (χ3n) is 3.23. The van der Waals surface area contributed by atoms with Crippen LogP contribution in [0.5, 0.6) is 0 Å². The normalized spacial score (nSPS) is 28.6. The van der Waals surface area contributed by atoms with E-state index in [2.05, 4.69) is 6.92 Å². The summed E-state index contributed by atoms with van der Waals surface area (Å²) >= 11 is 0. The Morgan fingerprint density at radius 1 is 1.50 bits per heavy atom. The first kappa shape index (κ1) is 12.0. The Kier molecular flexibility index (Phi) is 4.38. The Morgan fingerprint density at radius 3 is 2.71 bits per heavy atom. The van der Waals surface area contributed by atoms with E-state index in [1.807, 2.05) is 0 Å². The molecular formula is C10H21NO2S. The van der Waals surface area contributed by atoms with Crippen LogP contribution in [0.15, 0.2) is 0 Å². The molecule has 3 nitrogen and oxygen atoms in total. The summed E-state index contributed by atoms with van der Waals surface area (Å²) < 4.78 is 22.9. The highest BCUT2D eigenvalue weighted by Crippen LogP contribution is 2.29. The molecule has 4 heteroatoms. The molecule has 2 N–H and O–H groups in total. The monoisotopic (exact) mass is 219 g/mol. The van der Waals surface area contributed by atoms with E-state index >= 15 is 0 Å². The average Bonchev–Trinajstić information content (AvgIpc) is 2.12. The Balaban J connectivity index is 2.57. The van der Waals surface area contributed by atoms with Crippen LogP contribution in [0.3, 0.4) is 0 Å². The van der Waals surface area contributed by atoms with Crippen LogP contribution in [-0.4, -0.2) is 26.5 Å². The largest absolute Gasteiger partial charge is 0.330 e. The maximum absolute atomic E-state index is 11.5. The Bertz CT molecular complexity index is 261. The zero-order valence-electron chi connectivity index (χ0n) is 8.91. The minimum Gasteiger partial charge on any atom is -0.330 e. The minimum atomic E-state index is -2.75. The third-order valence-corrected chi connectivity index (χ3v) is 5.07. The molecule has 0 aromatic carbocycles. The predicted molar refractivity (Wildman–Crippen MR) is 58.8 cm³/mol. The van der Waals surface area contributed by atoms with Gasteiger partial charge < -0.3 is 5.73 Å². The molecule has 14 heavy (non-hydrogen) atoms. The summed E-state index contributed by atoms with van der Waals surface area (Å²) in [6.45, 7) is 2.80. The van der Waals surface area contributed by atoms with E-state index in [0.29, 0.717) is 29.9 Å². The van der Waals surface area contributed by atoms with Gasteiger partial charge in [-0.3, -0.25) is 0 Å². The van der Waals surface area contributed by atoms with E-state index < -0.39 is 9.84 Å². The molecule has 1 aliphatic heterocycles. The quantitative estimate of drug-likeness (QED) is 0.772. The lowest BCUT2D eigenvalue weighted by Gasteiger charge is -2.29. The molecule has 2 unspecified atom stereocenters. The molecule has 0 amide bonds. The summed E-state index contributed by atoms with van der Waals surface area (Å²) in [4.78, 5) is 0. The molecular weight excluding hydrogens is 198 g/mol. The van der Waals surface area contributed by atoms with Crippen LogP contribution in [0.25, 0.3) is 0 Å². The average molecular weight is 219 g/mol. The number of rotatable bonds is 4. The van der Waals surface area contributed by atoms with Gasteiger partial charge >= 0.3 is 0 Å². The molecule has 84 valence electrons. The number of nitrogens with two attached hydrogens (primary N) is 1. The number of sulfone groups is 1. The molecule has 0 saturated carbocycles. The van der Waals surface area contributed by atoms with Crippen molar-refractivity contribution in [3.05, 3.63) is 0 Å². The number of hydrogen-bond acceptors (Lipinski definition) is 3. The fourth-order valence-corrected chi connectivity index (χ4v) is 4.28. The van der Waals surface area contributed by atoms with Crippen LogP contribution in [0.4, 0.5) is 0 Å². The molecule has 2 atom stereocenters. The van der Waals surface area contributed by atoms with Gasteiger partial charge in [0, 0.05) is 0 Å². The molecule has 1 saturated heterocycles. The maximum Gasteiger partial charge on any atom is 0.150 e. The first-order valence-corrected chi connectivity index (χ1v) is 7.31. The predicted octanol–water partition coefficient (Wildman–Crippen LogP) is 1.19. The number of hydrogen-bond donors (Lipinski definition) is 1. The lowest BCUT2D eigenvalue weighted by molar-refractivity contribution is 0.304. The van der Waals surface area contributed by atoms with Crippen molar-refractivity contribution in [1.29, 1.82) is 0 Å². The summed E-state index contributed by atoms with van der Waals surface area (Å²) in [5, 5.41) is 0. The van der Waals surface area contributed by atoms with Crippen molar-refractivity contribution in [2.45, 2.75) is 32.6 Å². The lowest BCUT2D eigenvalue weighted by Crippen LogP contribution is -2.31. The zero-order valence-corrected chi connectivity index (χ0v) is 9.72. The first-order chi connectivity index (χ1) is 6.59. The minimum absolute atomic E-state index is 0.363. The summed E-state index contributed by atoms with van der Waals surface area (Å²) in [6.07, 6.45) is 3.93. The van der Waals surface area contributed by atoms with Gasteiger partial charge in [-0.05, 0) is 37.6 Å². The molecule has 1 rings (SSSR count). The Morgan fingerprint density at radius 2 is 2.21 bits per heavy atom. The standard InChI is InChI=1S/C10H21NO2S/c1-2-9(5-6-11)10-4-3-7-14(12,13)8-10/h9-10H,2-8,11H2,1H3. The Labute approximate surface area is 87.0 Å². The van der Waals surface area contributed by atoms with Gasteiger partial charge in [-0.1, -0.05) is 13.3 Å². The summed E-state index contributed by atoms with van der Waals surface area (Å²) in [5.74, 6) is 1.66. The second kappa shape index (κ2) is 5.12. The lowest BCUT2D eigenvalue weighted by atomic mass is 9.85. The van der Waals surface area contributed by atoms with Crippen molar-refractivity contribution in [2.24, 2.45) is 17.6 Å². The van der Waals surface area contributed by atoms with Crippen LogP contribution in [0.2, 0.25) is 0 Å². The van der Waals surface area contributed by atoms with Gasteiger partial charge in [0.25, 0.3) is 0 Å². The zero-order chi connectivity index (χ0) is 10.6. The van der Waals surface area contributed by atoms with Gasteiger partial charge in [0.05, 0.1) is 11.5 Å². The highest BCUT2D eigenvalue weighted by molar-refractivity contribution is 7.91. The SMILES string of the molecule is CCC(CCN)C1CCCS(=O)(=O)C1. The van der Waals surface area contributed by atoms with Crippen molar-refractivity contribution in [3.63, 3.8) is 0 Å². The van der Waals surface area contributed by atoms with Gasteiger partial charge in [0.1, 0.15) is 0 Å². The van der Waals surface area contributed by atoms with E-state index in [4.69, 9.17) is 5.73 Å². The van der Waals surface area contributed by atoms with Gasteiger partial charge in [-0.2, -0.15) is 0 Å². The van der Waals surface area contributed by atoms with Crippen molar-refractivity contribution in [1.82, 2.24) is 0 Å². The topological polar surface area (TPSA) is 60.2 Å². The van der Waals surface area contributed by atoms with Gasteiger partial charge in [0.2, 0.25) is 0 Å². The smallest absolute Gasteiger partial charge is 0.150 e. The fourth-order valence-electron chi connectivity index (χ4n) is 2.42. The van der Waals surface area contributed by atoms with Crippen molar-refractivity contribution in [2.75, 3.05) is 18.1 Å². The molecule has 0 aliphatic carbocycles. The molecule has 0 aromatic rings. The second-order valence-corrected chi connectivity index (χ2v) is 6.49. The first-order valence-electron chi connectivity index (χ1n) is 5.49. The van der Waals surface area contributed by atoms with Crippen molar-refractivity contribution >= 4 is 9.84 Å². The van der Waals surface area contributed by atoms with Crippen molar-refractivity contribution in [3.8, 4) is 0 Å². The van der Waals surface area contributed by atoms with Crippen LogP contribution >= 0.6 is 0 Å². The van der Waals surface area contributed by atoms with Crippen LogP contribution in [-0.2, 0) is 9.84 Å². The fraction of sp³-hybridized carbons (Fsp3) is 1.00. The molecule has 0 radical (unpaired) electrons. The summed E-state index contributed by atoms with van der Waals surface area (Å²) in [7, 11) is -2.75. The van der Waals surface area contributed by atoms with E-state index in [-0.39, 0.29) is 0 Å². The molecule has 1 aliphatic rings. The van der Waals surface area contributed by atoms with Crippen molar-refractivity contribution < 1.29 is 8.42 Å². The second-order valence-electron chi connectivity index (χ2n) is 4.26. The van der Waals surface area contributed by atoms with Crippen LogP contribution < -0.4 is 5.73 Å². The highest BCUT2D eigenvalue weighted by Gasteiger charge is 2.29. The van der Waals surface area contributed by atoms with E-state index in [0.717, 1.165) is 25.7 Å². The molecule has 0 spiro atoms. The highest BCUT2D eigenvalue weighted by atomic mass is 32.2. The van der Waals surface area contributed by atoms with Crippen LogP contribution in [0.1, 0.15) is 32.6 Å². The third kappa shape index (κ3) is 3.24. The maximum atomic E-state index is 11.5. The summed E-state index contributed by atoms with van der Waals surface area (Å²) in [6, 6.07) is 0. The Hall–Kier alpha value is -0.0900. The summed E-state index contributed by atoms with van der Waals surface area (Å²) in [5.41, 5.74) is 5.53. The molecule has 1 fully saturated rings. The van der Waals surface area contributed by atoms with E-state index in [9.17, 15) is 8.42 Å². The molecule has 0 bridgehead atoms. The molecule has 1 heterocycles. The van der Waals surface area contributed by atoms with E-state index in [1.54, 1.807) is 0 Å². The molecule has 0 aromatic heterocycles. The van der Waals surface area contributed by atoms with Crippen LogP contribution in [0, 0.1) is 11.8 Å². The van der Waals surface area contributed by atoms with E-state index in [1.165, 1.54) is 0 Å². The van der Waals surface area contributed by atoms with Gasteiger partial charge in [0.15, 0.2) is 9.84 Å².